The molecule has 6 heteroatoms. The van der Waals surface area contributed by atoms with Crippen molar-refractivity contribution in [2.24, 2.45) is 5.92 Å². The average Bonchev–Trinajstić information content (AvgIpc) is 2.38. The van der Waals surface area contributed by atoms with Crippen LogP contribution in [-0.2, 0) is 11.0 Å². The summed E-state index contributed by atoms with van der Waals surface area (Å²) in [5.41, 5.74) is -0.330. The number of carbonyl (C=O) groups excluding carboxylic acids is 1. The van der Waals surface area contributed by atoms with E-state index >= 15 is 0 Å². The lowest BCUT2D eigenvalue weighted by Gasteiger charge is -2.28. The third-order valence-corrected chi connectivity index (χ3v) is 3.58. The van der Waals surface area contributed by atoms with Crippen LogP contribution in [0.15, 0.2) is 24.3 Å². The third-order valence-electron chi connectivity index (χ3n) is 3.58. The molecule has 1 aliphatic rings. The van der Waals surface area contributed by atoms with Crippen LogP contribution >= 0.6 is 0 Å². The van der Waals surface area contributed by atoms with Gasteiger partial charge in [-0.15, -0.1) is 0 Å². The highest BCUT2D eigenvalue weighted by Gasteiger charge is 2.30. The average molecular weight is 286 g/mol. The lowest BCUT2D eigenvalue weighted by Crippen LogP contribution is -2.44. The number of hydrogen-bond acceptors (Lipinski definition) is 2. The standard InChI is InChI=1S/C14H17F3N2O/c1-9-12(3-2-8-18-9)13(20)19-11-6-4-10(5-7-11)14(15,16)17/h4-7,9,12,18H,2-3,8H2,1H3,(H,19,20). The monoisotopic (exact) mass is 286 g/mol. The summed E-state index contributed by atoms with van der Waals surface area (Å²) in [4.78, 5) is 12.1. The maximum absolute atomic E-state index is 12.4. The van der Waals surface area contributed by atoms with E-state index < -0.39 is 11.7 Å². The van der Waals surface area contributed by atoms with Crippen molar-refractivity contribution in [3.8, 4) is 0 Å². The number of halogens is 3. The second-order valence-corrected chi connectivity index (χ2v) is 5.06. The van der Waals surface area contributed by atoms with E-state index in [1.807, 2.05) is 6.92 Å². The first-order valence-electron chi connectivity index (χ1n) is 6.59. The summed E-state index contributed by atoms with van der Waals surface area (Å²) in [6.07, 6.45) is -2.64. The van der Waals surface area contributed by atoms with Gasteiger partial charge in [-0.1, -0.05) is 0 Å². The van der Waals surface area contributed by atoms with Crippen molar-refractivity contribution in [2.45, 2.75) is 32.0 Å². The van der Waals surface area contributed by atoms with Gasteiger partial charge in [0, 0.05) is 11.7 Å². The first-order valence-corrected chi connectivity index (χ1v) is 6.59. The van der Waals surface area contributed by atoms with Crippen molar-refractivity contribution >= 4 is 11.6 Å². The van der Waals surface area contributed by atoms with E-state index in [0.717, 1.165) is 31.5 Å². The molecule has 1 aromatic rings. The Hall–Kier alpha value is -1.56. The Balaban J connectivity index is 2.01. The van der Waals surface area contributed by atoms with Crippen LogP contribution in [-0.4, -0.2) is 18.5 Å². The minimum atomic E-state index is -4.36. The van der Waals surface area contributed by atoms with E-state index in [9.17, 15) is 18.0 Å². The Kier molecular flexibility index (Phi) is 4.32. The van der Waals surface area contributed by atoms with Gasteiger partial charge >= 0.3 is 6.18 Å². The molecule has 2 N–H and O–H groups in total. The Labute approximate surface area is 115 Å². The maximum Gasteiger partial charge on any atom is 0.416 e. The van der Waals surface area contributed by atoms with E-state index in [1.165, 1.54) is 12.1 Å². The molecule has 3 nitrogen and oxygen atoms in total. The summed E-state index contributed by atoms with van der Waals surface area (Å²) < 4.78 is 37.3. The van der Waals surface area contributed by atoms with Crippen LogP contribution < -0.4 is 10.6 Å². The molecule has 0 bridgehead atoms. The molecule has 2 rings (SSSR count). The molecular formula is C14H17F3N2O. The molecule has 2 unspecified atom stereocenters. The van der Waals surface area contributed by atoms with Crippen LogP contribution in [0.25, 0.3) is 0 Å². The predicted molar refractivity (Wildman–Crippen MR) is 70.3 cm³/mol. The van der Waals surface area contributed by atoms with Crippen LogP contribution in [0.4, 0.5) is 18.9 Å². The lowest BCUT2D eigenvalue weighted by atomic mass is 9.91. The largest absolute Gasteiger partial charge is 0.416 e. The van der Waals surface area contributed by atoms with Crippen molar-refractivity contribution in [1.29, 1.82) is 0 Å². The fraction of sp³-hybridized carbons (Fsp3) is 0.500. The minimum absolute atomic E-state index is 0.0817. The Morgan fingerprint density at radius 3 is 2.50 bits per heavy atom. The highest BCUT2D eigenvalue weighted by molar-refractivity contribution is 5.93. The zero-order chi connectivity index (χ0) is 14.8. The summed E-state index contributed by atoms with van der Waals surface area (Å²) in [5.74, 6) is -0.296. The normalized spacial score (nSPS) is 23.4. The molecule has 1 aliphatic heterocycles. The van der Waals surface area contributed by atoms with Crippen LogP contribution in [0.5, 0.6) is 0 Å². The van der Waals surface area contributed by atoms with Gasteiger partial charge in [0.15, 0.2) is 0 Å². The number of nitrogens with one attached hydrogen (secondary N) is 2. The van der Waals surface area contributed by atoms with Gasteiger partial charge in [-0.05, 0) is 50.6 Å². The van der Waals surface area contributed by atoms with Crippen molar-refractivity contribution in [2.75, 3.05) is 11.9 Å². The number of rotatable bonds is 2. The molecule has 0 aliphatic carbocycles. The van der Waals surface area contributed by atoms with E-state index in [0.29, 0.717) is 5.69 Å². The molecule has 20 heavy (non-hydrogen) atoms. The van der Waals surface area contributed by atoms with Gasteiger partial charge in [-0.2, -0.15) is 13.2 Å². The zero-order valence-electron chi connectivity index (χ0n) is 11.1. The molecule has 2 atom stereocenters. The molecule has 0 saturated carbocycles. The predicted octanol–water partition coefficient (Wildman–Crippen LogP) is 3.03. The highest BCUT2D eigenvalue weighted by atomic mass is 19.4. The van der Waals surface area contributed by atoms with Crippen molar-refractivity contribution in [3.63, 3.8) is 0 Å². The van der Waals surface area contributed by atoms with Gasteiger partial charge < -0.3 is 10.6 Å². The van der Waals surface area contributed by atoms with Gasteiger partial charge in [-0.25, -0.2) is 0 Å². The number of amides is 1. The molecule has 0 aromatic heterocycles. The lowest BCUT2D eigenvalue weighted by molar-refractivity contribution is -0.137. The van der Waals surface area contributed by atoms with Gasteiger partial charge in [0.05, 0.1) is 11.5 Å². The summed E-state index contributed by atoms with van der Waals surface area (Å²) in [5, 5.41) is 5.89. The quantitative estimate of drug-likeness (QED) is 0.877. The van der Waals surface area contributed by atoms with Crippen LogP contribution in [0, 0.1) is 5.92 Å². The highest BCUT2D eigenvalue weighted by Crippen LogP contribution is 2.30. The number of carbonyl (C=O) groups is 1. The summed E-state index contributed by atoms with van der Waals surface area (Å²) in [6.45, 7) is 2.83. The summed E-state index contributed by atoms with van der Waals surface area (Å²) in [6, 6.07) is 4.58. The third kappa shape index (κ3) is 3.50. The van der Waals surface area contributed by atoms with Crippen molar-refractivity contribution in [3.05, 3.63) is 29.8 Å². The molecule has 1 fully saturated rings. The van der Waals surface area contributed by atoms with Crippen LogP contribution in [0.2, 0.25) is 0 Å². The molecular weight excluding hydrogens is 269 g/mol. The van der Waals surface area contributed by atoms with Gasteiger partial charge in [0.1, 0.15) is 0 Å². The van der Waals surface area contributed by atoms with Gasteiger partial charge in [0.2, 0.25) is 5.91 Å². The maximum atomic E-state index is 12.4. The molecule has 110 valence electrons. The smallest absolute Gasteiger partial charge is 0.326 e. The molecule has 0 spiro atoms. The SMILES string of the molecule is CC1NCCCC1C(=O)Nc1ccc(C(F)(F)F)cc1. The van der Waals surface area contributed by atoms with E-state index in [4.69, 9.17) is 0 Å². The van der Waals surface area contributed by atoms with Gasteiger partial charge in [-0.3, -0.25) is 4.79 Å². The molecule has 0 radical (unpaired) electrons. The van der Waals surface area contributed by atoms with Gasteiger partial charge in [0.25, 0.3) is 0 Å². The molecule has 1 saturated heterocycles. The summed E-state index contributed by atoms with van der Waals surface area (Å²) >= 11 is 0. The Morgan fingerprint density at radius 1 is 1.30 bits per heavy atom. The Bertz CT molecular complexity index is 470. The van der Waals surface area contributed by atoms with Crippen molar-refractivity contribution < 1.29 is 18.0 Å². The van der Waals surface area contributed by atoms with E-state index in [2.05, 4.69) is 10.6 Å². The zero-order valence-corrected chi connectivity index (χ0v) is 11.1. The number of hydrogen-bond donors (Lipinski definition) is 2. The first-order chi connectivity index (χ1) is 9.38. The summed E-state index contributed by atoms with van der Waals surface area (Å²) in [7, 11) is 0. The Morgan fingerprint density at radius 2 is 1.95 bits per heavy atom. The fourth-order valence-electron chi connectivity index (χ4n) is 2.38. The minimum Gasteiger partial charge on any atom is -0.326 e. The second-order valence-electron chi connectivity index (χ2n) is 5.06. The fourth-order valence-corrected chi connectivity index (χ4v) is 2.38. The topological polar surface area (TPSA) is 41.1 Å². The second kappa shape index (κ2) is 5.83. The number of anilines is 1. The number of piperidine rings is 1. The first kappa shape index (κ1) is 14.8. The molecule has 1 aromatic carbocycles. The molecule has 1 amide bonds. The number of benzene rings is 1. The van der Waals surface area contributed by atoms with E-state index in [-0.39, 0.29) is 17.9 Å². The van der Waals surface area contributed by atoms with Crippen LogP contribution in [0.1, 0.15) is 25.3 Å². The van der Waals surface area contributed by atoms with E-state index in [1.54, 1.807) is 0 Å². The number of alkyl halides is 3. The van der Waals surface area contributed by atoms with Crippen molar-refractivity contribution in [1.82, 2.24) is 5.32 Å². The molecule has 1 heterocycles. The van der Waals surface area contributed by atoms with Crippen LogP contribution in [0.3, 0.4) is 0 Å².